The van der Waals surface area contributed by atoms with Crippen molar-refractivity contribution in [2.45, 2.75) is 19.4 Å². The number of rotatable bonds is 3. The Kier molecular flexibility index (Phi) is 9.72. The third kappa shape index (κ3) is 4.49. The van der Waals surface area contributed by atoms with E-state index in [-0.39, 0.29) is 30.9 Å². The van der Waals surface area contributed by atoms with Crippen molar-refractivity contribution in [1.82, 2.24) is 10.2 Å². The number of piperazine rings is 1. The molecule has 0 saturated carbocycles. The fourth-order valence-electron chi connectivity index (χ4n) is 2.51. The Hall–Kier alpha value is 0.480. The SMILES string of the molecule is CC[C@H](c1c(Br)ccc(Br)c1O)N1CCNCC1.Cl.Cl. The first-order valence-electron chi connectivity index (χ1n) is 6.26. The highest BCUT2D eigenvalue weighted by atomic mass is 79.9. The number of benzene rings is 1. The van der Waals surface area contributed by atoms with E-state index in [0.717, 1.165) is 47.1 Å². The van der Waals surface area contributed by atoms with Gasteiger partial charge in [-0.3, -0.25) is 4.90 Å². The van der Waals surface area contributed by atoms with E-state index in [0.29, 0.717) is 5.75 Å². The van der Waals surface area contributed by atoms with Crippen LogP contribution < -0.4 is 5.32 Å². The topological polar surface area (TPSA) is 35.5 Å². The molecule has 1 aliphatic rings. The molecule has 2 rings (SSSR count). The molecular weight excluding hydrogens is 431 g/mol. The zero-order chi connectivity index (χ0) is 13.1. The largest absolute Gasteiger partial charge is 0.506 e. The molecule has 0 aliphatic carbocycles. The summed E-state index contributed by atoms with van der Waals surface area (Å²) in [5.41, 5.74) is 0.994. The maximum Gasteiger partial charge on any atom is 0.135 e. The van der Waals surface area contributed by atoms with E-state index in [4.69, 9.17) is 0 Å². The molecule has 1 fully saturated rings. The van der Waals surface area contributed by atoms with Gasteiger partial charge >= 0.3 is 0 Å². The number of aromatic hydroxyl groups is 1. The van der Waals surface area contributed by atoms with E-state index in [9.17, 15) is 5.11 Å². The number of nitrogens with zero attached hydrogens (tertiary/aromatic N) is 1. The smallest absolute Gasteiger partial charge is 0.135 e. The fraction of sp³-hybridized carbons (Fsp3) is 0.538. The Bertz CT molecular complexity index is 429. The summed E-state index contributed by atoms with van der Waals surface area (Å²) in [5.74, 6) is 0.356. The standard InChI is InChI=1S/C13H18Br2N2O.2ClH/c1-2-11(17-7-5-16-6-8-17)12-9(14)3-4-10(15)13(12)18;;/h3-4,11,16,18H,2,5-8H2,1H3;2*1H/t11-;;/m1../s1. The number of phenols is 1. The van der Waals surface area contributed by atoms with Gasteiger partial charge < -0.3 is 10.4 Å². The summed E-state index contributed by atoms with van der Waals surface area (Å²) >= 11 is 6.97. The molecule has 20 heavy (non-hydrogen) atoms. The first-order chi connectivity index (χ1) is 8.65. The number of halogens is 4. The van der Waals surface area contributed by atoms with Crippen molar-refractivity contribution in [2.75, 3.05) is 26.2 Å². The zero-order valence-electron chi connectivity index (χ0n) is 11.2. The Morgan fingerprint density at radius 1 is 1.20 bits per heavy atom. The fourth-order valence-corrected chi connectivity index (χ4v) is 3.44. The summed E-state index contributed by atoms with van der Waals surface area (Å²) in [6.45, 7) is 6.25. The second-order valence-corrected chi connectivity index (χ2v) is 6.21. The second kappa shape index (κ2) is 9.49. The van der Waals surface area contributed by atoms with E-state index >= 15 is 0 Å². The van der Waals surface area contributed by atoms with E-state index in [1.807, 2.05) is 12.1 Å². The van der Waals surface area contributed by atoms with Crippen LogP contribution in [0.5, 0.6) is 5.75 Å². The van der Waals surface area contributed by atoms with Crippen LogP contribution >= 0.6 is 56.7 Å². The quantitative estimate of drug-likeness (QED) is 0.727. The van der Waals surface area contributed by atoms with Gasteiger partial charge in [-0.15, -0.1) is 24.8 Å². The lowest BCUT2D eigenvalue weighted by Crippen LogP contribution is -2.45. The van der Waals surface area contributed by atoms with Gasteiger partial charge in [-0.1, -0.05) is 22.9 Å². The van der Waals surface area contributed by atoms with Crippen LogP contribution in [0.1, 0.15) is 24.9 Å². The molecule has 1 aliphatic heterocycles. The molecular formula is C13H20Br2Cl2N2O. The lowest BCUT2D eigenvalue weighted by molar-refractivity contribution is 0.166. The minimum Gasteiger partial charge on any atom is -0.506 e. The average molecular weight is 451 g/mol. The van der Waals surface area contributed by atoms with Crippen molar-refractivity contribution in [3.8, 4) is 5.75 Å². The van der Waals surface area contributed by atoms with E-state index < -0.39 is 0 Å². The average Bonchev–Trinajstić information content (AvgIpc) is 2.40. The number of hydrogen-bond donors (Lipinski definition) is 2. The summed E-state index contributed by atoms with van der Waals surface area (Å²) < 4.78 is 1.74. The van der Waals surface area contributed by atoms with Gasteiger partial charge in [0.15, 0.2) is 0 Å². The summed E-state index contributed by atoms with van der Waals surface area (Å²) in [4.78, 5) is 2.43. The highest BCUT2D eigenvalue weighted by Crippen LogP contribution is 2.40. The van der Waals surface area contributed by atoms with Crippen LogP contribution in [0, 0.1) is 0 Å². The molecule has 0 radical (unpaired) electrons. The zero-order valence-corrected chi connectivity index (χ0v) is 16.0. The predicted octanol–water partition coefficient (Wildman–Crippen LogP) is 4.12. The molecule has 0 amide bonds. The monoisotopic (exact) mass is 448 g/mol. The molecule has 1 heterocycles. The Balaban J connectivity index is 0.00000180. The molecule has 0 bridgehead atoms. The van der Waals surface area contributed by atoms with Crippen molar-refractivity contribution >= 4 is 56.7 Å². The van der Waals surface area contributed by atoms with Gasteiger partial charge in [-0.25, -0.2) is 0 Å². The van der Waals surface area contributed by atoms with Crippen molar-refractivity contribution in [3.63, 3.8) is 0 Å². The summed E-state index contributed by atoms with van der Waals surface area (Å²) in [6, 6.07) is 4.12. The van der Waals surface area contributed by atoms with Crippen molar-refractivity contribution in [3.05, 3.63) is 26.6 Å². The number of nitrogens with one attached hydrogen (secondary N) is 1. The van der Waals surface area contributed by atoms with Gasteiger partial charge in [0.25, 0.3) is 0 Å². The Labute approximate surface area is 149 Å². The number of hydrogen-bond acceptors (Lipinski definition) is 3. The predicted molar refractivity (Wildman–Crippen MR) is 95.5 cm³/mol. The maximum absolute atomic E-state index is 10.3. The van der Waals surface area contributed by atoms with Crippen LogP contribution in [-0.4, -0.2) is 36.2 Å². The molecule has 1 atom stereocenters. The number of phenolic OH excluding ortho intramolecular Hbond substituents is 1. The lowest BCUT2D eigenvalue weighted by Gasteiger charge is -2.35. The van der Waals surface area contributed by atoms with Crippen LogP contribution in [-0.2, 0) is 0 Å². The molecule has 3 nitrogen and oxygen atoms in total. The first kappa shape index (κ1) is 20.5. The van der Waals surface area contributed by atoms with E-state index in [1.165, 1.54) is 0 Å². The van der Waals surface area contributed by atoms with Gasteiger partial charge in [0.05, 0.1) is 4.47 Å². The van der Waals surface area contributed by atoms with Crippen LogP contribution in [0.15, 0.2) is 21.1 Å². The van der Waals surface area contributed by atoms with Crippen LogP contribution in [0.2, 0.25) is 0 Å². The normalized spacial score (nSPS) is 16.9. The summed E-state index contributed by atoms with van der Waals surface area (Å²) in [6.07, 6.45) is 0.989. The van der Waals surface area contributed by atoms with Crippen LogP contribution in [0.25, 0.3) is 0 Å². The highest BCUT2D eigenvalue weighted by molar-refractivity contribution is 9.11. The van der Waals surface area contributed by atoms with Crippen molar-refractivity contribution in [1.29, 1.82) is 0 Å². The minimum atomic E-state index is 0. The molecule has 0 spiro atoms. The molecule has 1 saturated heterocycles. The molecule has 2 N–H and O–H groups in total. The highest BCUT2D eigenvalue weighted by Gasteiger charge is 2.25. The summed E-state index contributed by atoms with van der Waals surface area (Å²) in [5, 5.41) is 13.7. The van der Waals surface area contributed by atoms with Gasteiger partial charge in [0.1, 0.15) is 5.75 Å². The maximum atomic E-state index is 10.3. The Morgan fingerprint density at radius 3 is 2.30 bits per heavy atom. The molecule has 7 heteroatoms. The molecule has 0 aromatic heterocycles. The molecule has 0 unspecified atom stereocenters. The Morgan fingerprint density at radius 2 is 1.75 bits per heavy atom. The third-order valence-corrected chi connectivity index (χ3v) is 4.76. The second-order valence-electron chi connectivity index (χ2n) is 4.50. The van der Waals surface area contributed by atoms with Crippen LogP contribution in [0.3, 0.4) is 0 Å². The van der Waals surface area contributed by atoms with Gasteiger partial charge in [0.2, 0.25) is 0 Å². The first-order valence-corrected chi connectivity index (χ1v) is 7.85. The molecule has 1 aromatic carbocycles. The molecule has 116 valence electrons. The third-order valence-electron chi connectivity index (χ3n) is 3.43. The summed E-state index contributed by atoms with van der Waals surface area (Å²) in [7, 11) is 0. The van der Waals surface area contributed by atoms with E-state index in [1.54, 1.807) is 0 Å². The van der Waals surface area contributed by atoms with Gasteiger partial charge in [-0.2, -0.15) is 0 Å². The molecule has 1 aromatic rings. The van der Waals surface area contributed by atoms with Crippen molar-refractivity contribution in [2.24, 2.45) is 0 Å². The van der Waals surface area contributed by atoms with Crippen LogP contribution in [0.4, 0.5) is 0 Å². The van der Waals surface area contributed by atoms with Crippen molar-refractivity contribution < 1.29 is 5.11 Å². The lowest BCUT2D eigenvalue weighted by atomic mass is 10.0. The minimum absolute atomic E-state index is 0. The van der Waals surface area contributed by atoms with Gasteiger partial charge in [0, 0.05) is 42.3 Å². The van der Waals surface area contributed by atoms with Gasteiger partial charge in [-0.05, 0) is 34.5 Å². The van der Waals surface area contributed by atoms with E-state index in [2.05, 4.69) is 49.0 Å².